The van der Waals surface area contributed by atoms with Crippen molar-refractivity contribution in [2.45, 2.75) is 43.5 Å². The van der Waals surface area contributed by atoms with Gasteiger partial charge in [0.2, 0.25) is 11.9 Å². The Labute approximate surface area is 204 Å². The molecule has 5 atom stereocenters. The molecule has 0 spiro atoms. The van der Waals surface area contributed by atoms with Gasteiger partial charge in [0.05, 0.1) is 12.7 Å². The molecule has 3 heterocycles. The summed E-state index contributed by atoms with van der Waals surface area (Å²) in [5.74, 6) is -1.96. The number of primary amides is 1. The average Bonchev–Trinajstić information content (AvgIpc) is 3.40. The first kappa shape index (κ1) is 25.2. The number of hydrogen-bond acceptors (Lipinski definition) is 11. The van der Waals surface area contributed by atoms with Crippen molar-refractivity contribution in [2.75, 3.05) is 23.7 Å². The zero-order valence-corrected chi connectivity index (χ0v) is 19.1. The summed E-state index contributed by atoms with van der Waals surface area (Å²) in [6, 6.07) is 9.60. The summed E-state index contributed by atoms with van der Waals surface area (Å²) in [7, 11) is 0. The van der Waals surface area contributed by atoms with Crippen LogP contribution < -0.4 is 16.4 Å². The predicted molar refractivity (Wildman–Crippen MR) is 125 cm³/mol. The van der Waals surface area contributed by atoms with Crippen molar-refractivity contribution in [3.8, 4) is 0 Å². The average molecular weight is 502 g/mol. The van der Waals surface area contributed by atoms with Gasteiger partial charge < -0.3 is 41.5 Å². The van der Waals surface area contributed by atoms with Gasteiger partial charge in [-0.15, -0.1) is 0 Å². The standard InChI is InChI=1S/C22H27N7O7/c23-18-13-20(29(10-25-13)21-15(33)14(32)17(36-21)16(34)19(24)35)27-22(26-18)28(9-7-12(30)31)8-6-11-4-2-1-3-5-11/h1-5,10,14-17,21,32-34H,6-9H2,(H2,24,35)(H,30,31)(H2,23,26,27)/t14?,15?,16?,17-,21+/m0/s1. The molecule has 1 aliphatic rings. The summed E-state index contributed by atoms with van der Waals surface area (Å²) in [5, 5.41) is 40.0. The molecule has 0 radical (unpaired) electrons. The summed E-state index contributed by atoms with van der Waals surface area (Å²) in [4.78, 5) is 37.3. The topological polar surface area (TPSA) is 223 Å². The van der Waals surface area contributed by atoms with E-state index in [1.807, 2.05) is 30.3 Å². The first-order chi connectivity index (χ1) is 17.2. The number of fused-ring (bicyclic) bond motifs is 1. The largest absolute Gasteiger partial charge is 0.481 e. The molecule has 1 saturated heterocycles. The Balaban J connectivity index is 1.67. The monoisotopic (exact) mass is 501 g/mol. The number of nitrogen functional groups attached to an aromatic ring is 1. The molecule has 3 unspecified atom stereocenters. The van der Waals surface area contributed by atoms with Gasteiger partial charge in [-0.1, -0.05) is 30.3 Å². The number of ether oxygens (including phenoxy) is 1. The number of carbonyl (C=O) groups is 2. The fourth-order valence-electron chi connectivity index (χ4n) is 4.04. The number of carbonyl (C=O) groups excluding carboxylic acids is 1. The van der Waals surface area contributed by atoms with Gasteiger partial charge in [0.25, 0.3) is 0 Å². The number of imidazole rings is 1. The normalized spacial score (nSPS) is 22.5. The van der Waals surface area contributed by atoms with Gasteiger partial charge in [-0.2, -0.15) is 9.97 Å². The molecule has 8 N–H and O–H groups in total. The second-order valence-electron chi connectivity index (χ2n) is 8.42. The van der Waals surface area contributed by atoms with Crippen LogP contribution in [0.1, 0.15) is 18.2 Å². The molecule has 1 amide bonds. The van der Waals surface area contributed by atoms with E-state index < -0.39 is 42.5 Å². The van der Waals surface area contributed by atoms with Crippen LogP contribution in [0.4, 0.5) is 11.8 Å². The molecule has 0 aliphatic carbocycles. The molecule has 0 bridgehead atoms. The first-order valence-electron chi connectivity index (χ1n) is 11.2. The quantitative estimate of drug-likeness (QED) is 0.185. The van der Waals surface area contributed by atoms with E-state index in [0.717, 1.165) is 5.56 Å². The lowest BCUT2D eigenvalue weighted by Crippen LogP contribution is -2.45. The van der Waals surface area contributed by atoms with Gasteiger partial charge in [0.15, 0.2) is 23.8 Å². The lowest BCUT2D eigenvalue weighted by Gasteiger charge is -2.23. The number of aliphatic carboxylic acids is 1. The van der Waals surface area contributed by atoms with Crippen LogP contribution in [-0.2, 0) is 20.7 Å². The Hall–Kier alpha value is -3.85. The van der Waals surface area contributed by atoms with Crippen molar-refractivity contribution in [3.63, 3.8) is 0 Å². The first-order valence-corrected chi connectivity index (χ1v) is 11.2. The van der Waals surface area contributed by atoms with Crippen LogP contribution in [0.3, 0.4) is 0 Å². The summed E-state index contributed by atoms with van der Waals surface area (Å²) >= 11 is 0. The second-order valence-corrected chi connectivity index (χ2v) is 8.42. The van der Waals surface area contributed by atoms with Crippen LogP contribution in [0, 0.1) is 0 Å². The lowest BCUT2D eigenvalue weighted by molar-refractivity contribution is -0.140. The summed E-state index contributed by atoms with van der Waals surface area (Å²) in [6.07, 6.45) is -6.09. The van der Waals surface area contributed by atoms with E-state index in [2.05, 4.69) is 15.0 Å². The highest BCUT2D eigenvalue weighted by atomic mass is 16.6. The predicted octanol–water partition coefficient (Wildman–Crippen LogP) is -1.60. The van der Waals surface area contributed by atoms with E-state index in [9.17, 15) is 30.0 Å². The van der Waals surface area contributed by atoms with Gasteiger partial charge in [0, 0.05) is 13.1 Å². The highest BCUT2D eigenvalue weighted by Gasteiger charge is 2.48. The zero-order chi connectivity index (χ0) is 26.0. The second kappa shape index (κ2) is 10.4. The van der Waals surface area contributed by atoms with Gasteiger partial charge in [-0.25, -0.2) is 4.98 Å². The van der Waals surface area contributed by atoms with E-state index in [-0.39, 0.29) is 35.9 Å². The molecule has 1 aromatic carbocycles. The Bertz CT molecular complexity index is 1240. The number of carboxylic acid groups (broad SMARTS) is 1. The minimum Gasteiger partial charge on any atom is -0.481 e. The number of hydrogen-bond donors (Lipinski definition) is 6. The minimum atomic E-state index is -1.85. The highest BCUT2D eigenvalue weighted by molar-refractivity contribution is 5.83. The van der Waals surface area contributed by atoms with Gasteiger partial charge in [0.1, 0.15) is 23.8 Å². The molecule has 192 valence electrons. The molecule has 3 aromatic rings. The highest BCUT2D eigenvalue weighted by Crippen LogP contribution is 2.34. The molecule has 1 aliphatic heterocycles. The molecule has 0 saturated carbocycles. The van der Waals surface area contributed by atoms with Crippen LogP contribution in [-0.4, -0.2) is 89.3 Å². The molecule has 36 heavy (non-hydrogen) atoms. The number of aliphatic hydroxyl groups excluding tert-OH is 3. The third kappa shape index (κ3) is 5.06. The summed E-state index contributed by atoms with van der Waals surface area (Å²) in [6.45, 7) is 0.500. The van der Waals surface area contributed by atoms with Crippen molar-refractivity contribution < 1.29 is 34.8 Å². The fraction of sp³-hybridized carbons (Fsp3) is 0.409. The Kier molecular flexibility index (Phi) is 7.30. The smallest absolute Gasteiger partial charge is 0.305 e. The number of rotatable bonds is 10. The maximum absolute atomic E-state index is 11.4. The van der Waals surface area contributed by atoms with Crippen molar-refractivity contribution in [1.29, 1.82) is 0 Å². The zero-order valence-electron chi connectivity index (χ0n) is 19.1. The maximum atomic E-state index is 11.4. The van der Waals surface area contributed by atoms with Crippen molar-refractivity contribution >= 4 is 34.8 Å². The molecule has 14 nitrogen and oxygen atoms in total. The number of aromatic nitrogens is 4. The van der Waals surface area contributed by atoms with Crippen LogP contribution in [0.2, 0.25) is 0 Å². The van der Waals surface area contributed by atoms with E-state index in [1.54, 1.807) is 4.90 Å². The van der Waals surface area contributed by atoms with Crippen molar-refractivity contribution in [1.82, 2.24) is 19.5 Å². The van der Waals surface area contributed by atoms with Crippen LogP contribution in [0.25, 0.3) is 11.2 Å². The van der Waals surface area contributed by atoms with Crippen LogP contribution in [0.5, 0.6) is 0 Å². The van der Waals surface area contributed by atoms with E-state index in [1.165, 1.54) is 10.9 Å². The molecule has 14 heteroatoms. The Morgan fingerprint density at radius 1 is 1.14 bits per heavy atom. The van der Waals surface area contributed by atoms with E-state index >= 15 is 0 Å². The molecular formula is C22H27N7O7. The van der Waals surface area contributed by atoms with Crippen molar-refractivity contribution in [2.24, 2.45) is 5.73 Å². The minimum absolute atomic E-state index is 0.00976. The maximum Gasteiger partial charge on any atom is 0.305 e. The Morgan fingerprint density at radius 2 is 1.86 bits per heavy atom. The number of carboxylic acids is 1. The summed E-state index contributed by atoms with van der Waals surface area (Å²) < 4.78 is 6.86. The van der Waals surface area contributed by atoms with Crippen molar-refractivity contribution in [3.05, 3.63) is 42.2 Å². The molecule has 4 rings (SSSR count). The number of nitrogens with zero attached hydrogens (tertiary/aromatic N) is 5. The third-order valence-corrected chi connectivity index (χ3v) is 5.98. The molecule has 2 aromatic heterocycles. The third-order valence-electron chi connectivity index (χ3n) is 5.98. The van der Waals surface area contributed by atoms with Gasteiger partial charge in [-0.05, 0) is 12.0 Å². The number of anilines is 2. The fourth-order valence-corrected chi connectivity index (χ4v) is 4.04. The summed E-state index contributed by atoms with van der Waals surface area (Å²) in [5.41, 5.74) is 12.6. The SMILES string of the molecule is NC(=O)C(O)[C@H]1O[C@@H](n2cnc3c(N)nc(N(CCC(=O)O)CCc4ccccc4)nc32)C(O)C1O. The van der Waals surface area contributed by atoms with Gasteiger partial charge in [-0.3, -0.25) is 14.2 Å². The number of amides is 1. The Morgan fingerprint density at radius 3 is 2.53 bits per heavy atom. The number of nitrogens with two attached hydrogens (primary N) is 2. The van der Waals surface area contributed by atoms with Crippen LogP contribution >= 0.6 is 0 Å². The number of benzene rings is 1. The molecule has 1 fully saturated rings. The number of aliphatic hydroxyl groups is 3. The van der Waals surface area contributed by atoms with Crippen LogP contribution in [0.15, 0.2) is 36.7 Å². The van der Waals surface area contributed by atoms with Gasteiger partial charge >= 0.3 is 5.97 Å². The van der Waals surface area contributed by atoms with E-state index in [0.29, 0.717) is 13.0 Å². The van der Waals surface area contributed by atoms with E-state index in [4.69, 9.17) is 16.2 Å². The lowest BCUT2D eigenvalue weighted by atomic mass is 10.1. The molecular weight excluding hydrogens is 474 g/mol.